The first-order valence-electron chi connectivity index (χ1n) is 7.49. The highest BCUT2D eigenvalue weighted by atomic mass is 16.6. The van der Waals surface area contributed by atoms with Crippen LogP contribution >= 0.6 is 0 Å². The standard InChI is InChI=1S/C18H11N3O4/c22-20(23)13-7-5-12(6-8-13)19-17-4-2-1-3-15(17)16-11-14(21(24)25)9-10-18(16)19/h1-11H. The summed E-state index contributed by atoms with van der Waals surface area (Å²) in [7, 11) is 0. The van der Waals surface area contributed by atoms with Crippen molar-refractivity contribution < 1.29 is 9.85 Å². The molecule has 0 N–H and O–H groups in total. The van der Waals surface area contributed by atoms with Crippen LogP contribution in [0.2, 0.25) is 0 Å². The molecule has 0 atom stereocenters. The zero-order valence-corrected chi connectivity index (χ0v) is 12.8. The van der Waals surface area contributed by atoms with E-state index in [1.165, 1.54) is 18.2 Å². The molecule has 7 nitrogen and oxygen atoms in total. The Balaban J connectivity index is 2.04. The maximum absolute atomic E-state index is 11.1. The van der Waals surface area contributed by atoms with Gasteiger partial charge in [-0.1, -0.05) is 18.2 Å². The average Bonchev–Trinajstić information content (AvgIpc) is 2.95. The number of non-ortho nitro benzene ring substituents is 2. The lowest BCUT2D eigenvalue weighted by Crippen LogP contribution is -1.95. The summed E-state index contributed by atoms with van der Waals surface area (Å²) in [5.74, 6) is 0. The van der Waals surface area contributed by atoms with Crippen LogP contribution in [-0.2, 0) is 0 Å². The summed E-state index contributed by atoms with van der Waals surface area (Å²) in [6.07, 6.45) is 0. The Bertz CT molecular complexity index is 1150. The van der Waals surface area contributed by atoms with Crippen LogP contribution in [0.1, 0.15) is 0 Å². The Morgan fingerprint density at radius 1 is 0.680 bits per heavy atom. The number of benzene rings is 3. The van der Waals surface area contributed by atoms with Crippen LogP contribution in [-0.4, -0.2) is 14.4 Å². The van der Waals surface area contributed by atoms with Crippen molar-refractivity contribution in [3.05, 3.63) is 87.0 Å². The number of rotatable bonds is 3. The number of hydrogen-bond donors (Lipinski definition) is 0. The lowest BCUT2D eigenvalue weighted by molar-refractivity contribution is -0.385. The minimum absolute atomic E-state index is 0.0140. The van der Waals surface area contributed by atoms with E-state index in [4.69, 9.17) is 0 Å². The molecule has 122 valence electrons. The van der Waals surface area contributed by atoms with Crippen LogP contribution in [0.5, 0.6) is 0 Å². The Morgan fingerprint density at radius 2 is 1.28 bits per heavy atom. The SMILES string of the molecule is O=[N+]([O-])c1ccc(-n2c3ccccc3c3cc([N+](=O)[O-])ccc32)cc1. The zero-order valence-electron chi connectivity index (χ0n) is 12.8. The Labute approximate surface area is 141 Å². The van der Waals surface area contributed by atoms with Crippen molar-refractivity contribution in [1.29, 1.82) is 0 Å². The maximum atomic E-state index is 11.1. The molecule has 0 unspecified atom stereocenters. The fourth-order valence-corrected chi connectivity index (χ4v) is 3.08. The number of nitrogens with zero attached hydrogens (tertiary/aromatic N) is 3. The lowest BCUT2D eigenvalue weighted by Gasteiger charge is -2.07. The first-order chi connectivity index (χ1) is 12.1. The molecule has 0 aliphatic rings. The third-order valence-corrected chi connectivity index (χ3v) is 4.19. The molecule has 3 aromatic carbocycles. The molecule has 1 heterocycles. The number of hydrogen-bond acceptors (Lipinski definition) is 4. The molecule has 0 radical (unpaired) electrons. The molecule has 0 saturated carbocycles. The molecular formula is C18H11N3O4. The summed E-state index contributed by atoms with van der Waals surface area (Å²) in [6.45, 7) is 0. The van der Waals surface area contributed by atoms with Gasteiger partial charge in [-0.25, -0.2) is 0 Å². The summed E-state index contributed by atoms with van der Waals surface area (Å²) in [6, 6.07) is 18.5. The molecule has 0 amide bonds. The normalized spacial score (nSPS) is 11.0. The topological polar surface area (TPSA) is 91.2 Å². The minimum Gasteiger partial charge on any atom is -0.309 e. The van der Waals surface area contributed by atoms with Gasteiger partial charge in [-0.2, -0.15) is 0 Å². The quantitative estimate of drug-likeness (QED) is 0.404. The fraction of sp³-hybridized carbons (Fsp3) is 0. The van der Waals surface area contributed by atoms with E-state index in [9.17, 15) is 20.2 Å². The van der Waals surface area contributed by atoms with Crippen molar-refractivity contribution in [2.24, 2.45) is 0 Å². The van der Waals surface area contributed by atoms with E-state index < -0.39 is 9.85 Å². The molecule has 0 fully saturated rings. The summed E-state index contributed by atoms with van der Waals surface area (Å²) >= 11 is 0. The number of aromatic nitrogens is 1. The van der Waals surface area contributed by atoms with E-state index in [1.54, 1.807) is 24.3 Å². The highest BCUT2D eigenvalue weighted by Crippen LogP contribution is 2.34. The predicted octanol–water partition coefficient (Wildman–Crippen LogP) is 4.60. The van der Waals surface area contributed by atoms with Crippen LogP contribution in [0, 0.1) is 20.2 Å². The van der Waals surface area contributed by atoms with Crippen molar-refractivity contribution in [2.75, 3.05) is 0 Å². The molecule has 0 aliphatic carbocycles. The van der Waals surface area contributed by atoms with Gasteiger partial charge in [-0.15, -0.1) is 0 Å². The summed E-state index contributed by atoms with van der Waals surface area (Å²) < 4.78 is 1.94. The fourth-order valence-electron chi connectivity index (χ4n) is 3.08. The molecule has 0 spiro atoms. The second-order valence-corrected chi connectivity index (χ2v) is 5.58. The van der Waals surface area contributed by atoms with Crippen molar-refractivity contribution in [2.45, 2.75) is 0 Å². The number of nitro benzene ring substituents is 2. The van der Waals surface area contributed by atoms with Crippen molar-refractivity contribution in [3.63, 3.8) is 0 Å². The second kappa shape index (κ2) is 5.41. The smallest absolute Gasteiger partial charge is 0.270 e. The maximum Gasteiger partial charge on any atom is 0.270 e. The Hall–Kier alpha value is -3.74. The summed E-state index contributed by atoms with van der Waals surface area (Å²) in [4.78, 5) is 21.1. The highest BCUT2D eigenvalue weighted by Gasteiger charge is 2.16. The molecule has 0 bridgehead atoms. The van der Waals surface area contributed by atoms with Crippen molar-refractivity contribution in [3.8, 4) is 5.69 Å². The van der Waals surface area contributed by atoms with Crippen LogP contribution < -0.4 is 0 Å². The summed E-state index contributed by atoms with van der Waals surface area (Å²) in [5, 5.41) is 23.6. The second-order valence-electron chi connectivity index (χ2n) is 5.58. The number of fused-ring (bicyclic) bond motifs is 3. The van der Waals surface area contributed by atoms with E-state index in [0.29, 0.717) is 0 Å². The van der Waals surface area contributed by atoms with Crippen LogP contribution in [0.4, 0.5) is 11.4 Å². The van der Waals surface area contributed by atoms with Crippen LogP contribution in [0.3, 0.4) is 0 Å². The largest absolute Gasteiger partial charge is 0.309 e. The molecule has 7 heteroatoms. The average molecular weight is 333 g/mol. The molecule has 1 aromatic heterocycles. The zero-order chi connectivity index (χ0) is 17.6. The van der Waals surface area contributed by atoms with Gasteiger partial charge in [-0.05, 0) is 24.3 Å². The van der Waals surface area contributed by atoms with Gasteiger partial charge in [0.1, 0.15) is 0 Å². The van der Waals surface area contributed by atoms with Gasteiger partial charge in [-0.3, -0.25) is 20.2 Å². The van der Waals surface area contributed by atoms with E-state index in [-0.39, 0.29) is 11.4 Å². The van der Waals surface area contributed by atoms with Gasteiger partial charge in [0.2, 0.25) is 0 Å². The van der Waals surface area contributed by atoms with E-state index >= 15 is 0 Å². The first-order valence-corrected chi connectivity index (χ1v) is 7.49. The molecule has 0 aliphatic heterocycles. The van der Waals surface area contributed by atoms with Gasteiger partial charge in [0.25, 0.3) is 11.4 Å². The Morgan fingerprint density at radius 3 is 1.96 bits per heavy atom. The van der Waals surface area contributed by atoms with Crippen LogP contribution in [0.25, 0.3) is 27.5 Å². The van der Waals surface area contributed by atoms with Gasteiger partial charge >= 0.3 is 0 Å². The van der Waals surface area contributed by atoms with Crippen molar-refractivity contribution >= 4 is 33.2 Å². The van der Waals surface area contributed by atoms with Gasteiger partial charge in [0.05, 0.1) is 20.9 Å². The van der Waals surface area contributed by atoms with E-state index in [1.807, 2.05) is 28.8 Å². The van der Waals surface area contributed by atoms with Crippen molar-refractivity contribution in [1.82, 2.24) is 4.57 Å². The summed E-state index contributed by atoms with van der Waals surface area (Å²) in [5.41, 5.74) is 2.48. The highest BCUT2D eigenvalue weighted by molar-refractivity contribution is 6.09. The third-order valence-electron chi connectivity index (χ3n) is 4.19. The monoisotopic (exact) mass is 333 g/mol. The van der Waals surface area contributed by atoms with Gasteiger partial charge in [0, 0.05) is 40.7 Å². The molecule has 0 saturated heterocycles. The van der Waals surface area contributed by atoms with E-state index in [2.05, 4.69) is 0 Å². The minimum atomic E-state index is -0.445. The third kappa shape index (κ3) is 2.29. The Kier molecular flexibility index (Phi) is 3.21. The lowest BCUT2D eigenvalue weighted by atomic mass is 10.1. The van der Waals surface area contributed by atoms with Gasteiger partial charge < -0.3 is 4.57 Å². The first kappa shape index (κ1) is 14.8. The number of para-hydroxylation sites is 1. The number of nitro groups is 2. The predicted molar refractivity (Wildman–Crippen MR) is 94.1 cm³/mol. The van der Waals surface area contributed by atoms with Gasteiger partial charge in [0.15, 0.2) is 0 Å². The molecular weight excluding hydrogens is 322 g/mol. The molecule has 25 heavy (non-hydrogen) atoms. The molecule has 4 aromatic rings. The molecule has 4 rings (SSSR count). The van der Waals surface area contributed by atoms with Crippen LogP contribution in [0.15, 0.2) is 66.7 Å². The van der Waals surface area contributed by atoms with E-state index in [0.717, 1.165) is 27.5 Å².